The van der Waals surface area contributed by atoms with E-state index in [0.717, 1.165) is 27.9 Å². The number of rotatable bonds is 9. The summed E-state index contributed by atoms with van der Waals surface area (Å²) in [5.41, 5.74) is 6.51. The molecule has 0 bridgehead atoms. The number of benzene rings is 3. The Morgan fingerprint density at radius 3 is 2.14 bits per heavy atom. The molecule has 0 radical (unpaired) electrons. The molecule has 0 spiro atoms. The first-order chi connectivity index (χ1) is 20.0. The highest BCUT2D eigenvalue weighted by molar-refractivity contribution is 6.09. The highest BCUT2D eigenvalue weighted by Crippen LogP contribution is 2.72. The molecule has 6 atom stereocenters. The Kier molecular flexibility index (Phi) is 7.20. The van der Waals surface area contributed by atoms with Crippen molar-refractivity contribution in [3.05, 3.63) is 77.0 Å². The van der Waals surface area contributed by atoms with Crippen LogP contribution in [0.3, 0.4) is 0 Å². The first-order valence-electron chi connectivity index (χ1n) is 15.8. The molecule has 220 valence electrons. The fourth-order valence-electron chi connectivity index (χ4n) is 8.26. The van der Waals surface area contributed by atoms with E-state index in [2.05, 4.69) is 64.1 Å². The van der Waals surface area contributed by atoms with E-state index in [4.69, 9.17) is 9.72 Å². The summed E-state index contributed by atoms with van der Waals surface area (Å²) in [5, 5.41) is 14.0. The van der Waals surface area contributed by atoms with Crippen LogP contribution in [0.25, 0.3) is 32.8 Å². The Balaban J connectivity index is 1.57. The Morgan fingerprint density at radius 1 is 0.905 bits per heavy atom. The predicted molar refractivity (Wildman–Crippen MR) is 172 cm³/mol. The number of fused-ring (bicyclic) bond motifs is 4. The van der Waals surface area contributed by atoms with Gasteiger partial charge in [0.05, 0.1) is 11.1 Å². The Morgan fingerprint density at radius 2 is 1.52 bits per heavy atom. The van der Waals surface area contributed by atoms with Crippen LogP contribution < -0.4 is 0 Å². The minimum absolute atomic E-state index is 0.582. The molecule has 6 rings (SSSR count). The van der Waals surface area contributed by atoms with Crippen LogP contribution in [0.15, 0.2) is 54.6 Å². The Hall–Kier alpha value is -3.24. The number of ether oxygens (including phenoxy) is 1. The number of aryl methyl sites for hydroxylation is 1. The number of carboxylic acid groups (broad SMARTS) is 1. The second kappa shape index (κ2) is 10.5. The van der Waals surface area contributed by atoms with Gasteiger partial charge in [0, 0.05) is 16.6 Å². The second-order valence-electron chi connectivity index (χ2n) is 13.9. The van der Waals surface area contributed by atoms with Gasteiger partial charge in [0.25, 0.3) is 0 Å². The molecule has 1 aromatic heterocycles. The topological polar surface area (TPSA) is 59.4 Å². The van der Waals surface area contributed by atoms with Crippen molar-refractivity contribution in [1.82, 2.24) is 4.98 Å². The molecule has 0 amide bonds. The third kappa shape index (κ3) is 4.54. The summed E-state index contributed by atoms with van der Waals surface area (Å²) >= 11 is 0. The maximum absolute atomic E-state index is 12.8. The predicted octanol–water partition coefficient (Wildman–Crippen LogP) is 9.82. The van der Waals surface area contributed by atoms with Gasteiger partial charge in [0.1, 0.15) is 0 Å². The van der Waals surface area contributed by atoms with Crippen LogP contribution in [0.5, 0.6) is 0 Å². The number of pyridine rings is 1. The minimum Gasteiger partial charge on any atom is -0.479 e. The zero-order valence-electron chi connectivity index (χ0n) is 26.4. The van der Waals surface area contributed by atoms with Gasteiger partial charge in [0.15, 0.2) is 6.10 Å². The van der Waals surface area contributed by atoms with Crippen LogP contribution in [0.2, 0.25) is 0 Å². The Labute approximate surface area is 250 Å². The molecule has 1 N–H and O–H groups in total. The molecule has 0 saturated heterocycles. The standard InChI is InChI=1S/C38H45NO3/c1-9-20(3)29(21(4)10-2)35-33-26-16-13-15-23-24(18-19-27(31(23)26)34(33)35)32-25-14-11-12-17-28(25)39-22(5)30(32)36(37(40)41)42-38(6,7)8/h11-21,29,33-36H,9-10H2,1-8H3,(H,40,41). The average molecular weight is 564 g/mol. The summed E-state index contributed by atoms with van der Waals surface area (Å²) < 4.78 is 6.24. The van der Waals surface area contributed by atoms with Gasteiger partial charge in [-0.2, -0.15) is 0 Å². The number of nitrogens with zero attached hydrogens (tertiary/aromatic N) is 1. The number of hydrogen-bond donors (Lipinski definition) is 1. The molecule has 42 heavy (non-hydrogen) atoms. The lowest BCUT2D eigenvalue weighted by Gasteiger charge is -2.31. The smallest absolute Gasteiger partial charge is 0.337 e. The van der Waals surface area contributed by atoms with E-state index in [1.807, 2.05) is 45.9 Å². The van der Waals surface area contributed by atoms with Gasteiger partial charge in [-0.15, -0.1) is 0 Å². The van der Waals surface area contributed by atoms with Crippen molar-refractivity contribution in [3.63, 3.8) is 0 Å². The van der Waals surface area contributed by atoms with Crippen molar-refractivity contribution in [1.29, 1.82) is 0 Å². The zero-order valence-corrected chi connectivity index (χ0v) is 26.4. The fourth-order valence-corrected chi connectivity index (χ4v) is 8.26. The lowest BCUT2D eigenvalue weighted by molar-refractivity contribution is -0.160. The monoisotopic (exact) mass is 563 g/mol. The van der Waals surface area contributed by atoms with Crippen molar-refractivity contribution < 1.29 is 14.6 Å². The molecule has 4 aromatic rings. The SMILES string of the molecule is CCC(C)C(C(C)CC)C1C2c3cccc4c(-c5c(C(OC(C)(C)C)C(=O)O)c(C)nc6ccccc56)ccc(c34)C21. The van der Waals surface area contributed by atoms with Crippen molar-refractivity contribution in [2.24, 2.45) is 23.7 Å². The molecular formula is C38H45NO3. The number of carbonyl (C=O) groups is 1. The van der Waals surface area contributed by atoms with Gasteiger partial charge >= 0.3 is 5.97 Å². The highest BCUT2D eigenvalue weighted by atomic mass is 16.5. The molecular weight excluding hydrogens is 518 g/mol. The van der Waals surface area contributed by atoms with E-state index in [-0.39, 0.29) is 0 Å². The first kappa shape index (κ1) is 28.9. The van der Waals surface area contributed by atoms with E-state index in [9.17, 15) is 9.90 Å². The minimum atomic E-state index is -1.13. The average Bonchev–Trinajstić information content (AvgIpc) is 3.58. The van der Waals surface area contributed by atoms with Crippen LogP contribution in [0.4, 0.5) is 0 Å². The van der Waals surface area contributed by atoms with Crippen LogP contribution in [-0.4, -0.2) is 21.7 Å². The number of para-hydroxylation sites is 1. The normalized spacial score (nSPS) is 22.1. The number of hydrogen-bond acceptors (Lipinski definition) is 3. The van der Waals surface area contributed by atoms with E-state index < -0.39 is 17.7 Å². The summed E-state index contributed by atoms with van der Waals surface area (Å²) in [6.45, 7) is 17.2. The quantitative estimate of drug-likeness (QED) is 0.220. The van der Waals surface area contributed by atoms with Crippen molar-refractivity contribution in [2.75, 3.05) is 0 Å². The Bertz CT molecular complexity index is 1660. The third-order valence-corrected chi connectivity index (χ3v) is 10.3. The lowest BCUT2D eigenvalue weighted by Crippen LogP contribution is -2.28. The largest absolute Gasteiger partial charge is 0.479 e. The summed E-state index contributed by atoms with van der Waals surface area (Å²) in [4.78, 5) is 17.7. The summed E-state index contributed by atoms with van der Waals surface area (Å²) in [5.74, 6) is 3.01. The molecule has 6 unspecified atom stereocenters. The zero-order chi connectivity index (χ0) is 30.1. The number of carboxylic acids is 1. The fraction of sp³-hybridized carbons (Fsp3) is 0.474. The van der Waals surface area contributed by atoms with E-state index in [1.165, 1.54) is 34.7 Å². The maximum Gasteiger partial charge on any atom is 0.337 e. The van der Waals surface area contributed by atoms with Crippen molar-refractivity contribution in [2.45, 2.75) is 91.8 Å². The van der Waals surface area contributed by atoms with Gasteiger partial charge in [0.2, 0.25) is 0 Å². The van der Waals surface area contributed by atoms with Crippen LogP contribution in [0, 0.1) is 30.6 Å². The maximum atomic E-state index is 12.8. The molecule has 3 aromatic carbocycles. The van der Waals surface area contributed by atoms with Crippen LogP contribution >= 0.6 is 0 Å². The van der Waals surface area contributed by atoms with E-state index >= 15 is 0 Å². The highest BCUT2D eigenvalue weighted by Gasteiger charge is 2.60. The summed E-state index contributed by atoms with van der Waals surface area (Å²) in [7, 11) is 0. The van der Waals surface area contributed by atoms with E-state index in [0.29, 0.717) is 40.8 Å². The summed E-state index contributed by atoms with van der Waals surface area (Å²) in [6, 6.07) is 19.5. The molecule has 1 fully saturated rings. The second-order valence-corrected chi connectivity index (χ2v) is 13.9. The van der Waals surface area contributed by atoms with Crippen LogP contribution in [-0.2, 0) is 9.53 Å². The third-order valence-electron chi connectivity index (χ3n) is 10.3. The molecule has 1 saturated carbocycles. The molecule has 4 nitrogen and oxygen atoms in total. The van der Waals surface area contributed by atoms with Gasteiger partial charge < -0.3 is 9.84 Å². The van der Waals surface area contributed by atoms with Crippen molar-refractivity contribution >= 4 is 27.6 Å². The van der Waals surface area contributed by atoms with Gasteiger partial charge in [-0.05, 0) is 102 Å². The molecule has 4 heteroatoms. The molecule has 2 aliphatic carbocycles. The number of aliphatic carboxylic acids is 1. The van der Waals surface area contributed by atoms with Gasteiger partial charge in [-0.25, -0.2) is 4.79 Å². The van der Waals surface area contributed by atoms with Crippen LogP contribution in [0.1, 0.15) is 102 Å². The first-order valence-corrected chi connectivity index (χ1v) is 15.8. The lowest BCUT2D eigenvalue weighted by atomic mass is 9.74. The number of aromatic nitrogens is 1. The van der Waals surface area contributed by atoms with Crippen molar-refractivity contribution in [3.8, 4) is 11.1 Å². The van der Waals surface area contributed by atoms with Gasteiger partial charge in [-0.1, -0.05) is 89.1 Å². The molecule has 1 heterocycles. The summed E-state index contributed by atoms with van der Waals surface area (Å²) in [6.07, 6.45) is 1.31. The van der Waals surface area contributed by atoms with Gasteiger partial charge in [-0.3, -0.25) is 4.98 Å². The molecule has 2 aliphatic rings. The van der Waals surface area contributed by atoms with E-state index in [1.54, 1.807) is 0 Å². The molecule has 0 aliphatic heterocycles.